The van der Waals surface area contributed by atoms with E-state index in [-0.39, 0.29) is 30.0 Å². The molecule has 1 fully saturated rings. The molecule has 1 aliphatic rings. The van der Waals surface area contributed by atoms with E-state index in [1.165, 1.54) is 18.2 Å². The van der Waals surface area contributed by atoms with Gasteiger partial charge >= 0.3 is 12.1 Å². The highest BCUT2D eigenvalue weighted by Gasteiger charge is 2.36. The lowest BCUT2D eigenvalue weighted by Gasteiger charge is -2.16. The summed E-state index contributed by atoms with van der Waals surface area (Å²) in [5.74, 6) is -2.97. The monoisotopic (exact) mass is 380 g/mol. The van der Waals surface area contributed by atoms with Gasteiger partial charge in [-0.15, -0.1) is 0 Å². The minimum atomic E-state index is -4.58. The van der Waals surface area contributed by atoms with E-state index in [0.717, 1.165) is 10.4 Å². The summed E-state index contributed by atoms with van der Waals surface area (Å²) in [4.78, 5) is 22.4. The lowest BCUT2D eigenvalue weighted by Crippen LogP contribution is -2.34. The van der Waals surface area contributed by atoms with Crippen LogP contribution >= 0.6 is 0 Å². The molecule has 1 aromatic rings. The third kappa shape index (κ3) is 4.69. The average Bonchev–Trinajstić information content (AvgIpc) is 3.03. The van der Waals surface area contributed by atoms with Crippen LogP contribution in [0.5, 0.6) is 0 Å². The number of carbonyl (C=O) groups excluding carboxylic acids is 1. The fourth-order valence-corrected chi connectivity index (χ4v) is 3.92. The van der Waals surface area contributed by atoms with E-state index in [4.69, 9.17) is 5.11 Å². The van der Waals surface area contributed by atoms with Crippen LogP contribution in [0.2, 0.25) is 0 Å². The summed E-state index contributed by atoms with van der Waals surface area (Å²) < 4.78 is 62.4. The molecule has 11 heteroatoms. The Morgan fingerprint density at radius 1 is 1.32 bits per heavy atom. The van der Waals surface area contributed by atoms with Crippen LogP contribution in [0, 0.1) is 5.92 Å². The molecule has 0 saturated carbocycles. The molecule has 0 bridgehead atoms. The Kier molecular flexibility index (Phi) is 5.37. The van der Waals surface area contributed by atoms with Crippen molar-refractivity contribution in [1.29, 1.82) is 0 Å². The molecule has 1 aromatic carbocycles. The van der Waals surface area contributed by atoms with Gasteiger partial charge in [-0.1, -0.05) is 6.07 Å². The van der Waals surface area contributed by atoms with E-state index in [1.807, 2.05) is 0 Å². The molecule has 1 amide bonds. The Bertz CT molecular complexity index is 779. The lowest BCUT2D eigenvalue weighted by molar-refractivity contribution is -0.141. The summed E-state index contributed by atoms with van der Waals surface area (Å²) in [6.07, 6.45) is -4.42. The van der Waals surface area contributed by atoms with E-state index < -0.39 is 40.5 Å². The first-order chi connectivity index (χ1) is 11.5. The predicted molar refractivity (Wildman–Crippen MR) is 79.3 cm³/mol. The van der Waals surface area contributed by atoms with Crippen LogP contribution < -0.4 is 5.32 Å². The van der Waals surface area contributed by atoms with Gasteiger partial charge in [0, 0.05) is 18.7 Å². The van der Waals surface area contributed by atoms with E-state index >= 15 is 0 Å². The fraction of sp³-hybridized carbons (Fsp3) is 0.429. The SMILES string of the molecule is O=C(NCC(F)(F)F)c1cccc(S(=O)(=O)N2CCC(C(=O)O)C2)c1. The number of halogens is 3. The quantitative estimate of drug-likeness (QED) is 0.795. The standard InChI is InChI=1S/C14H15F3N2O5S/c15-14(16,17)8-18-12(20)9-2-1-3-11(6-9)25(23,24)19-5-4-10(7-19)13(21)22/h1-3,6,10H,4-5,7-8H2,(H,18,20)(H,21,22). The zero-order valence-corrected chi connectivity index (χ0v) is 13.6. The number of sulfonamides is 1. The number of alkyl halides is 3. The summed E-state index contributed by atoms with van der Waals surface area (Å²) in [5, 5.41) is 10.6. The number of carboxylic acid groups (broad SMARTS) is 1. The minimum absolute atomic E-state index is 0.0177. The molecule has 2 N–H and O–H groups in total. The van der Waals surface area contributed by atoms with Gasteiger partial charge in [0.05, 0.1) is 10.8 Å². The largest absolute Gasteiger partial charge is 0.481 e. The molecule has 1 unspecified atom stereocenters. The number of nitrogens with zero attached hydrogens (tertiary/aromatic N) is 1. The highest BCUT2D eigenvalue weighted by atomic mass is 32.2. The molecule has 0 spiro atoms. The maximum atomic E-state index is 12.5. The molecule has 7 nitrogen and oxygen atoms in total. The van der Waals surface area contributed by atoms with Gasteiger partial charge in [0.15, 0.2) is 0 Å². The average molecular weight is 380 g/mol. The number of carboxylic acids is 1. The van der Waals surface area contributed by atoms with Gasteiger partial charge in [0.1, 0.15) is 6.54 Å². The molecule has 1 atom stereocenters. The van der Waals surface area contributed by atoms with Crippen molar-refractivity contribution in [3.8, 4) is 0 Å². The normalized spacial score (nSPS) is 18.9. The van der Waals surface area contributed by atoms with Crippen molar-refractivity contribution >= 4 is 21.9 Å². The fourth-order valence-electron chi connectivity index (χ4n) is 2.38. The molecule has 0 radical (unpaired) electrons. The van der Waals surface area contributed by atoms with Gasteiger partial charge in [-0.3, -0.25) is 9.59 Å². The van der Waals surface area contributed by atoms with Gasteiger partial charge in [-0.25, -0.2) is 8.42 Å². The molecule has 25 heavy (non-hydrogen) atoms. The summed E-state index contributed by atoms with van der Waals surface area (Å²) >= 11 is 0. The summed E-state index contributed by atoms with van der Waals surface area (Å²) in [5.41, 5.74) is -0.237. The van der Waals surface area contributed by atoms with E-state index in [0.29, 0.717) is 0 Å². The maximum Gasteiger partial charge on any atom is 0.405 e. The number of rotatable bonds is 5. The number of hydrogen-bond acceptors (Lipinski definition) is 4. The third-order valence-corrected chi connectivity index (χ3v) is 5.54. The van der Waals surface area contributed by atoms with Crippen molar-refractivity contribution < 1.29 is 36.3 Å². The molecular formula is C14H15F3N2O5S. The van der Waals surface area contributed by atoms with Crippen molar-refractivity contribution in [3.63, 3.8) is 0 Å². The first-order valence-corrected chi connectivity index (χ1v) is 8.62. The Morgan fingerprint density at radius 3 is 2.56 bits per heavy atom. The molecule has 0 aliphatic carbocycles. The van der Waals surface area contributed by atoms with Gasteiger partial charge in [0.2, 0.25) is 10.0 Å². The Balaban J connectivity index is 2.17. The molecule has 1 saturated heterocycles. The van der Waals surface area contributed by atoms with E-state index in [2.05, 4.69) is 0 Å². The van der Waals surface area contributed by atoms with Crippen LogP contribution in [0.4, 0.5) is 13.2 Å². The first kappa shape index (κ1) is 19.2. The van der Waals surface area contributed by atoms with Gasteiger partial charge in [-0.05, 0) is 24.6 Å². The van der Waals surface area contributed by atoms with Crippen molar-refractivity contribution in [2.45, 2.75) is 17.5 Å². The second kappa shape index (κ2) is 7.00. The maximum absolute atomic E-state index is 12.5. The molecule has 138 valence electrons. The third-order valence-electron chi connectivity index (χ3n) is 3.68. The number of amides is 1. The molecular weight excluding hydrogens is 365 g/mol. The van der Waals surface area contributed by atoms with Crippen LogP contribution in [-0.4, -0.2) is 55.5 Å². The second-order valence-electron chi connectivity index (χ2n) is 5.51. The summed E-state index contributed by atoms with van der Waals surface area (Å²) in [7, 11) is -4.04. The number of hydrogen-bond donors (Lipinski definition) is 2. The summed E-state index contributed by atoms with van der Waals surface area (Å²) in [6.45, 7) is -1.71. The number of aliphatic carboxylic acids is 1. The number of carbonyl (C=O) groups is 2. The lowest BCUT2D eigenvalue weighted by atomic mass is 10.1. The Labute approximate surface area is 141 Å². The van der Waals surface area contributed by atoms with Crippen LogP contribution in [0.15, 0.2) is 29.2 Å². The van der Waals surface area contributed by atoms with Crippen molar-refractivity contribution in [1.82, 2.24) is 9.62 Å². The minimum Gasteiger partial charge on any atom is -0.481 e. The van der Waals surface area contributed by atoms with Crippen LogP contribution in [0.3, 0.4) is 0 Å². The topological polar surface area (TPSA) is 104 Å². The van der Waals surface area contributed by atoms with Crippen molar-refractivity contribution in [3.05, 3.63) is 29.8 Å². The van der Waals surface area contributed by atoms with Gasteiger partial charge in [0.25, 0.3) is 5.91 Å². The van der Waals surface area contributed by atoms with Crippen molar-refractivity contribution in [2.75, 3.05) is 19.6 Å². The van der Waals surface area contributed by atoms with Crippen LogP contribution in [0.25, 0.3) is 0 Å². The van der Waals surface area contributed by atoms with E-state index in [9.17, 15) is 31.2 Å². The first-order valence-electron chi connectivity index (χ1n) is 7.18. The zero-order valence-electron chi connectivity index (χ0n) is 12.8. The smallest absolute Gasteiger partial charge is 0.405 e. The Morgan fingerprint density at radius 2 is 2.00 bits per heavy atom. The van der Waals surface area contributed by atoms with Crippen LogP contribution in [-0.2, 0) is 14.8 Å². The van der Waals surface area contributed by atoms with Crippen molar-refractivity contribution in [2.24, 2.45) is 5.92 Å². The Hall–Kier alpha value is -2.14. The predicted octanol–water partition coefficient (Wildman–Crippen LogP) is 1.07. The van der Waals surface area contributed by atoms with Gasteiger partial charge < -0.3 is 10.4 Å². The number of nitrogens with one attached hydrogen (secondary N) is 1. The molecule has 0 aromatic heterocycles. The van der Waals surface area contributed by atoms with E-state index in [1.54, 1.807) is 5.32 Å². The molecule has 2 rings (SSSR count). The number of benzene rings is 1. The van der Waals surface area contributed by atoms with Crippen LogP contribution in [0.1, 0.15) is 16.8 Å². The second-order valence-corrected chi connectivity index (χ2v) is 7.45. The molecule has 1 aliphatic heterocycles. The zero-order chi connectivity index (χ0) is 18.8. The highest BCUT2D eigenvalue weighted by molar-refractivity contribution is 7.89. The molecule has 1 heterocycles. The summed E-state index contributed by atoms with van der Waals surface area (Å²) in [6, 6.07) is 4.59. The highest BCUT2D eigenvalue weighted by Crippen LogP contribution is 2.25. The van der Waals surface area contributed by atoms with Gasteiger partial charge in [-0.2, -0.15) is 17.5 Å².